The van der Waals surface area contributed by atoms with Crippen LogP contribution in [0.4, 0.5) is 0 Å². The summed E-state index contributed by atoms with van der Waals surface area (Å²) in [5, 5.41) is 12.4. The maximum atomic E-state index is 6.41. The Hall–Kier alpha value is -7.10. The topological polar surface area (TPSA) is 23.0 Å². The number of para-hydroxylation sites is 5. The average Bonchev–Trinajstić information content (AvgIpc) is 3.89. The van der Waals surface area contributed by atoms with Gasteiger partial charge in [0.25, 0.3) is 0 Å². The molecule has 0 bridgehead atoms. The highest BCUT2D eigenvalue weighted by Gasteiger charge is 2.19. The summed E-state index contributed by atoms with van der Waals surface area (Å²) in [6.45, 7) is 0. The van der Waals surface area contributed by atoms with Gasteiger partial charge in [-0.15, -0.1) is 0 Å². The Bertz CT molecular complexity index is 3430. The van der Waals surface area contributed by atoms with Crippen LogP contribution < -0.4 is 0 Å². The first-order valence-electron chi connectivity index (χ1n) is 18.2. The summed E-state index contributed by atoms with van der Waals surface area (Å²) in [7, 11) is 0. The lowest BCUT2D eigenvalue weighted by Gasteiger charge is -2.13. The smallest absolute Gasteiger partial charge is 0.143 e. The number of rotatable bonds is 3. The molecule has 0 saturated carbocycles. The molecule has 3 heteroatoms. The van der Waals surface area contributed by atoms with Crippen molar-refractivity contribution in [2.45, 2.75) is 0 Å². The van der Waals surface area contributed by atoms with E-state index in [0.29, 0.717) is 0 Å². The van der Waals surface area contributed by atoms with Crippen LogP contribution >= 0.6 is 0 Å². The Labute approximate surface area is 304 Å². The molecule has 12 aromatic rings. The summed E-state index contributed by atoms with van der Waals surface area (Å²) >= 11 is 0. The summed E-state index contributed by atoms with van der Waals surface area (Å²) in [5.74, 6) is 0. The third-order valence-electron chi connectivity index (χ3n) is 11.3. The highest BCUT2D eigenvalue weighted by Crippen LogP contribution is 2.43. The molecule has 0 spiro atoms. The molecule has 9 aromatic carbocycles. The summed E-state index contributed by atoms with van der Waals surface area (Å²) in [6.07, 6.45) is 0. The van der Waals surface area contributed by atoms with E-state index in [0.717, 1.165) is 38.8 Å². The quantitative estimate of drug-likeness (QED) is 0.171. The highest BCUT2D eigenvalue weighted by atomic mass is 16.3. The minimum Gasteiger partial charge on any atom is -0.455 e. The lowest BCUT2D eigenvalue weighted by atomic mass is 9.96. The van der Waals surface area contributed by atoms with Crippen LogP contribution in [0.25, 0.3) is 110 Å². The van der Waals surface area contributed by atoms with Gasteiger partial charge in [-0.2, -0.15) is 0 Å². The van der Waals surface area contributed by atoms with Crippen LogP contribution in [0, 0.1) is 0 Å². The third-order valence-corrected chi connectivity index (χ3v) is 11.3. The first kappa shape index (κ1) is 28.6. The molecule has 246 valence electrons. The summed E-state index contributed by atoms with van der Waals surface area (Å²) in [6, 6.07) is 65.9. The molecular formula is C50H30N2O. The number of aromatic nitrogens is 2. The van der Waals surface area contributed by atoms with Gasteiger partial charge in [-0.25, -0.2) is 0 Å². The van der Waals surface area contributed by atoms with Gasteiger partial charge in [0, 0.05) is 54.6 Å². The Morgan fingerprint density at radius 3 is 1.74 bits per heavy atom. The molecule has 0 aliphatic carbocycles. The van der Waals surface area contributed by atoms with E-state index in [1.54, 1.807) is 0 Å². The van der Waals surface area contributed by atoms with E-state index < -0.39 is 0 Å². The first-order valence-corrected chi connectivity index (χ1v) is 18.2. The van der Waals surface area contributed by atoms with E-state index >= 15 is 0 Å². The van der Waals surface area contributed by atoms with E-state index in [4.69, 9.17) is 4.42 Å². The fourth-order valence-electron chi connectivity index (χ4n) is 9.04. The van der Waals surface area contributed by atoms with Crippen molar-refractivity contribution in [3.05, 3.63) is 182 Å². The molecule has 3 nitrogen and oxygen atoms in total. The third kappa shape index (κ3) is 3.94. The van der Waals surface area contributed by atoms with Gasteiger partial charge < -0.3 is 13.6 Å². The standard InChI is InChI=1S/C50H30N2O/c1-2-11-32(12-3-1)51-45-19-8-5-15-43(45)48-39-26-28-40-36(35(39)29-30-46(48)51)25-27-41-37-13-4-7-18-44(37)52(49(40)41)33-23-21-31(22-24-33)34-16-10-17-42-38-14-6-9-20-47(38)53-50(34)42/h1-30H. The summed E-state index contributed by atoms with van der Waals surface area (Å²) < 4.78 is 11.3. The number of hydrogen-bond acceptors (Lipinski definition) is 1. The van der Waals surface area contributed by atoms with E-state index in [-0.39, 0.29) is 0 Å². The summed E-state index contributed by atoms with van der Waals surface area (Å²) in [5.41, 5.74) is 11.2. The minimum atomic E-state index is 0.916. The molecule has 0 saturated heterocycles. The number of furan rings is 1. The zero-order chi connectivity index (χ0) is 34.6. The normalized spacial score (nSPS) is 12.2. The van der Waals surface area contributed by atoms with Gasteiger partial charge >= 0.3 is 0 Å². The molecule has 0 atom stereocenters. The van der Waals surface area contributed by atoms with Gasteiger partial charge in [0.1, 0.15) is 11.2 Å². The number of nitrogens with zero attached hydrogens (tertiary/aromatic N) is 2. The lowest BCUT2D eigenvalue weighted by Crippen LogP contribution is -1.95. The molecule has 0 fully saturated rings. The van der Waals surface area contributed by atoms with Crippen LogP contribution in [0.5, 0.6) is 0 Å². The van der Waals surface area contributed by atoms with Crippen molar-refractivity contribution < 1.29 is 4.42 Å². The second-order valence-electron chi connectivity index (χ2n) is 14.0. The average molecular weight is 675 g/mol. The monoisotopic (exact) mass is 674 g/mol. The van der Waals surface area contributed by atoms with Crippen LogP contribution in [-0.4, -0.2) is 9.13 Å². The van der Waals surface area contributed by atoms with Gasteiger partial charge in [0.2, 0.25) is 0 Å². The first-order chi connectivity index (χ1) is 26.3. The fourth-order valence-corrected chi connectivity index (χ4v) is 9.04. The van der Waals surface area contributed by atoms with Crippen LogP contribution in [-0.2, 0) is 0 Å². The van der Waals surface area contributed by atoms with Crippen molar-refractivity contribution in [2.75, 3.05) is 0 Å². The van der Waals surface area contributed by atoms with E-state index in [2.05, 4.69) is 179 Å². The molecule has 0 unspecified atom stereocenters. The molecule has 0 aliphatic rings. The molecular weight excluding hydrogens is 645 g/mol. The van der Waals surface area contributed by atoms with Crippen molar-refractivity contribution in [1.82, 2.24) is 9.13 Å². The van der Waals surface area contributed by atoms with Crippen LogP contribution in [0.1, 0.15) is 0 Å². The molecule has 0 amide bonds. The Kier molecular flexibility index (Phi) is 5.77. The van der Waals surface area contributed by atoms with Crippen molar-refractivity contribution in [2.24, 2.45) is 0 Å². The van der Waals surface area contributed by atoms with E-state index in [1.807, 2.05) is 12.1 Å². The SMILES string of the molecule is c1ccc(-n2c3ccccc3c3c4ccc5c(ccc6c7ccccc7n(-c7ccc(-c8cccc9c8oc8ccccc89)cc7)c56)c4ccc32)cc1. The molecule has 53 heavy (non-hydrogen) atoms. The molecule has 0 N–H and O–H groups in total. The Morgan fingerprint density at radius 2 is 0.906 bits per heavy atom. The van der Waals surface area contributed by atoms with E-state index in [1.165, 1.54) is 70.8 Å². The van der Waals surface area contributed by atoms with Crippen molar-refractivity contribution in [3.8, 4) is 22.5 Å². The second-order valence-corrected chi connectivity index (χ2v) is 14.0. The second kappa shape index (κ2) is 10.7. The molecule has 3 heterocycles. The molecule has 12 rings (SSSR count). The number of hydrogen-bond donors (Lipinski definition) is 0. The Balaban J connectivity index is 1.09. The van der Waals surface area contributed by atoms with Crippen molar-refractivity contribution in [3.63, 3.8) is 0 Å². The zero-order valence-corrected chi connectivity index (χ0v) is 28.6. The van der Waals surface area contributed by atoms with Crippen molar-refractivity contribution in [1.29, 1.82) is 0 Å². The summed E-state index contributed by atoms with van der Waals surface area (Å²) in [4.78, 5) is 0. The predicted molar refractivity (Wildman–Crippen MR) is 223 cm³/mol. The van der Waals surface area contributed by atoms with Crippen LogP contribution in [0.15, 0.2) is 186 Å². The Morgan fingerprint density at radius 1 is 0.321 bits per heavy atom. The van der Waals surface area contributed by atoms with E-state index in [9.17, 15) is 0 Å². The van der Waals surface area contributed by atoms with Gasteiger partial charge in [-0.1, -0.05) is 133 Å². The van der Waals surface area contributed by atoms with Crippen molar-refractivity contribution >= 4 is 87.1 Å². The molecule has 0 aliphatic heterocycles. The van der Waals surface area contributed by atoms with Gasteiger partial charge in [-0.3, -0.25) is 0 Å². The van der Waals surface area contributed by atoms with Gasteiger partial charge in [0.05, 0.1) is 22.1 Å². The van der Waals surface area contributed by atoms with Gasteiger partial charge in [-0.05, 0) is 70.3 Å². The van der Waals surface area contributed by atoms with Crippen LogP contribution in [0.2, 0.25) is 0 Å². The number of fused-ring (bicyclic) bond motifs is 14. The number of benzene rings is 9. The maximum absolute atomic E-state index is 6.41. The lowest BCUT2D eigenvalue weighted by molar-refractivity contribution is 0.670. The fraction of sp³-hybridized carbons (Fsp3) is 0. The van der Waals surface area contributed by atoms with Gasteiger partial charge in [0.15, 0.2) is 0 Å². The largest absolute Gasteiger partial charge is 0.455 e. The van der Waals surface area contributed by atoms with Crippen LogP contribution in [0.3, 0.4) is 0 Å². The predicted octanol–water partition coefficient (Wildman–Crippen LogP) is 13.8. The minimum absolute atomic E-state index is 0.916. The molecule has 3 aromatic heterocycles. The zero-order valence-electron chi connectivity index (χ0n) is 28.6. The molecule has 0 radical (unpaired) electrons. The maximum Gasteiger partial charge on any atom is 0.143 e. The highest BCUT2D eigenvalue weighted by molar-refractivity contribution is 6.29.